The van der Waals surface area contributed by atoms with Gasteiger partial charge in [0.15, 0.2) is 0 Å². The van der Waals surface area contributed by atoms with Gasteiger partial charge in [0.2, 0.25) is 0 Å². The number of hydrogen-bond donors (Lipinski definition) is 0. The summed E-state index contributed by atoms with van der Waals surface area (Å²) in [5.41, 5.74) is 1.79. The average molecular weight is 447 g/mol. The molecule has 4 aromatic rings. The summed E-state index contributed by atoms with van der Waals surface area (Å²) in [5, 5.41) is 0.486. The number of hydrogen-bond acceptors (Lipinski definition) is 4. The van der Waals surface area contributed by atoms with E-state index in [2.05, 4.69) is 17.0 Å². The molecule has 4 nitrogen and oxygen atoms in total. The largest absolute Gasteiger partial charge is 0.489 e. The number of rotatable bonds is 5. The van der Waals surface area contributed by atoms with Crippen LogP contribution < -0.4 is 9.64 Å². The lowest BCUT2D eigenvalue weighted by molar-refractivity contribution is 0.0749. The van der Waals surface area contributed by atoms with Crippen molar-refractivity contribution in [2.45, 2.75) is 6.61 Å². The molecule has 0 radical (unpaired) electrons. The molecule has 1 aliphatic heterocycles. The first kappa shape index (κ1) is 20.5. The van der Waals surface area contributed by atoms with E-state index in [1.165, 1.54) is 23.1 Å². The van der Waals surface area contributed by atoms with Crippen LogP contribution in [0.25, 0.3) is 10.1 Å². The Kier molecular flexibility index (Phi) is 5.77. The molecule has 2 heterocycles. The van der Waals surface area contributed by atoms with Crippen LogP contribution in [0.4, 0.5) is 10.1 Å². The molecule has 0 unspecified atom stereocenters. The number of thiophene rings is 1. The lowest BCUT2D eigenvalue weighted by atomic mass is 10.1. The zero-order valence-electron chi connectivity index (χ0n) is 17.5. The van der Waals surface area contributed by atoms with Gasteiger partial charge in [-0.15, -0.1) is 11.3 Å². The van der Waals surface area contributed by atoms with Crippen LogP contribution in [0.1, 0.15) is 15.2 Å². The predicted molar refractivity (Wildman–Crippen MR) is 127 cm³/mol. The molecule has 6 heteroatoms. The Morgan fingerprint density at radius 3 is 2.28 bits per heavy atom. The number of nitrogens with zero attached hydrogens (tertiary/aromatic N) is 2. The number of halogens is 1. The number of carbonyl (C=O) groups is 1. The van der Waals surface area contributed by atoms with E-state index in [-0.39, 0.29) is 18.3 Å². The van der Waals surface area contributed by atoms with E-state index in [1.54, 1.807) is 6.07 Å². The minimum absolute atomic E-state index is 0.0510. The minimum Gasteiger partial charge on any atom is -0.489 e. The first-order valence-electron chi connectivity index (χ1n) is 10.7. The first-order valence-corrected chi connectivity index (χ1v) is 11.5. The second kappa shape index (κ2) is 9.01. The van der Waals surface area contributed by atoms with Crippen LogP contribution in [0.3, 0.4) is 0 Å². The number of amides is 1. The van der Waals surface area contributed by atoms with Crippen molar-refractivity contribution in [2.75, 3.05) is 31.1 Å². The standard InChI is InChI=1S/C26H23FN2O2S/c27-22-12-7-13-23-24(22)21(18-31-20-10-5-2-6-11-20)25(32-23)26(30)29-16-14-28(15-17-29)19-8-3-1-4-9-19/h1-13H,14-18H2. The number of benzene rings is 3. The van der Waals surface area contributed by atoms with E-state index in [0.29, 0.717) is 34.7 Å². The molecule has 0 bridgehead atoms. The topological polar surface area (TPSA) is 32.8 Å². The molecule has 162 valence electrons. The van der Waals surface area contributed by atoms with Gasteiger partial charge in [0.25, 0.3) is 5.91 Å². The smallest absolute Gasteiger partial charge is 0.264 e. The Hall–Kier alpha value is -3.38. The molecule has 1 aliphatic rings. The molecular formula is C26H23FN2O2S. The van der Waals surface area contributed by atoms with E-state index in [4.69, 9.17) is 4.74 Å². The Morgan fingerprint density at radius 2 is 1.56 bits per heavy atom. The third kappa shape index (κ3) is 4.06. The summed E-state index contributed by atoms with van der Waals surface area (Å²) in [6.45, 7) is 2.94. The molecule has 0 saturated carbocycles. The number of ether oxygens (including phenoxy) is 1. The SMILES string of the molecule is O=C(c1sc2cccc(F)c2c1COc1ccccc1)N1CCN(c2ccccc2)CC1. The summed E-state index contributed by atoms with van der Waals surface area (Å²) >= 11 is 1.35. The van der Waals surface area contributed by atoms with Crippen molar-refractivity contribution in [1.82, 2.24) is 4.90 Å². The van der Waals surface area contributed by atoms with E-state index >= 15 is 0 Å². The molecular weight excluding hydrogens is 423 g/mol. The zero-order valence-corrected chi connectivity index (χ0v) is 18.4. The van der Waals surface area contributed by atoms with Crippen LogP contribution >= 0.6 is 11.3 Å². The molecule has 5 rings (SSSR count). The third-order valence-corrected chi connectivity index (χ3v) is 6.96. The van der Waals surface area contributed by atoms with E-state index in [0.717, 1.165) is 17.8 Å². The monoisotopic (exact) mass is 446 g/mol. The number of piperazine rings is 1. The Balaban J connectivity index is 1.39. The highest BCUT2D eigenvalue weighted by atomic mass is 32.1. The summed E-state index contributed by atoms with van der Waals surface area (Å²) in [6.07, 6.45) is 0. The van der Waals surface area contributed by atoms with Crippen LogP contribution in [0.2, 0.25) is 0 Å². The van der Waals surface area contributed by atoms with Gasteiger partial charge in [-0.2, -0.15) is 0 Å². The van der Waals surface area contributed by atoms with Gasteiger partial charge in [0, 0.05) is 47.5 Å². The van der Waals surface area contributed by atoms with Gasteiger partial charge in [0.1, 0.15) is 18.2 Å². The van der Waals surface area contributed by atoms with Gasteiger partial charge in [-0.1, -0.05) is 42.5 Å². The fourth-order valence-corrected chi connectivity index (χ4v) is 5.29. The van der Waals surface area contributed by atoms with Gasteiger partial charge in [0.05, 0.1) is 4.88 Å². The summed E-state index contributed by atoms with van der Waals surface area (Å²) in [7, 11) is 0. The summed E-state index contributed by atoms with van der Waals surface area (Å²) in [5.74, 6) is 0.321. The quantitative estimate of drug-likeness (QED) is 0.401. The second-order valence-corrected chi connectivity index (χ2v) is 8.79. The Morgan fingerprint density at radius 1 is 0.875 bits per heavy atom. The lowest BCUT2D eigenvalue weighted by Crippen LogP contribution is -2.48. The van der Waals surface area contributed by atoms with Crippen molar-refractivity contribution in [1.29, 1.82) is 0 Å². The highest BCUT2D eigenvalue weighted by molar-refractivity contribution is 7.21. The van der Waals surface area contributed by atoms with Gasteiger partial charge < -0.3 is 14.5 Å². The first-order chi connectivity index (χ1) is 15.7. The molecule has 1 aromatic heterocycles. The van der Waals surface area contributed by atoms with Crippen LogP contribution in [0, 0.1) is 5.82 Å². The fraction of sp³-hybridized carbons (Fsp3) is 0.192. The van der Waals surface area contributed by atoms with Crippen LogP contribution in [0.5, 0.6) is 5.75 Å². The fourth-order valence-electron chi connectivity index (χ4n) is 4.10. The van der Waals surface area contributed by atoms with Crippen molar-refractivity contribution < 1.29 is 13.9 Å². The molecule has 0 spiro atoms. The normalized spacial score (nSPS) is 14.0. The molecule has 0 atom stereocenters. The average Bonchev–Trinajstić information content (AvgIpc) is 3.23. The maximum absolute atomic E-state index is 14.7. The summed E-state index contributed by atoms with van der Waals surface area (Å²) < 4.78 is 21.4. The van der Waals surface area contributed by atoms with Gasteiger partial charge in [-0.05, 0) is 36.4 Å². The van der Waals surface area contributed by atoms with Crippen LogP contribution in [-0.4, -0.2) is 37.0 Å². The zero-order chi connectivity index (χ0) is 21.9. The third-order valence-electron chi connectivity index (χ3n) is 5.77. The Bertz CT molecular complexity index is 1220. The van der Waals surface area contributed by atoms with E-state index in [9.17, 15) is 9.18 Å². The van der Waals surface area contributed by atoms with Crippen molar-refractivity contribution in [3.05, 3.63) is 95.1 Å². The molecule has 1 fully saturated rings. The Labute approximate surface area is 190 Å². The number of anilines is 1. The maximum Gasteiger partial charge on any atom is 0.264 e. The van der Waals surface area contributed by atoms with Crippen molar-refractivity contribution in [3.8, 4) is 5.75 Å². The molecule has 32 heavy (non-hydrogen) atoms. The van der Waals surface area contributed by atoms with Crippen molar-refractivity contribution >= 4 is 33.0 Å². The van der Waals surface area contributed by atoms with Crippen molar-refractivity contribution in [3.63, 3.8) is 0 Å². The summed E-state index contributed by atoms with van der Waals surface area (Å²) in [6, 6.07) is 24.6. The lowest BCUT2D eigenvalue weighted by Gasteiger charge is -2.36. The molecule has 1 amide bonds. The maximum atomic E-state index is 14.7. The highest BCUT2D eigenvalue weighted by Crippen LogP contribution is 2.35. The molecule has 0 N–H and O–H groups in total. The van der Waals surface area contributed by atoms with Gasteiger partial charge in [-0.25, -0.2) is 4.39 Å². The molecule has 0 aliphatic carbocycles. The highest BCUT2D eigenvalue weighted by Gasteiger charge is 2.27. The minimum atomic E-state index is -0.321. The van der Waals surface area contributed by atoms with Crippen molar-refractivity contribution in [2.24, 2.45) is 0 Å². The second-order valence-electron chi connectivity index (χ2n) is 7.74. The number of para-hydroxylation sites is 2. The van der Waals surface area contributed by atoms with Gasteiger partial charge >= 0.3 is 0 Å². The van der Waals surface area contributed by atoms with Crippen LogP contribution in [0.15, 0.2) is 78.9 Å². The number of fused-ring (bicyclic) bond motifs is 1. The number of carbonyl (C=O) groups excluding carboxylic acids is 1. The summed E-state index contributed by atoms with van der Waals surface area (Å²) in [4.78, 5) is 18.2. The van der Waals surface area contributed by atoms with Gasteiger partial charge in [-0.3, -0.25) is 4.79 Å². The predicted octanol–water partition coefficient (Wildman–Crippen LogP) is 5.58. The van der Waals surface area contributed by atoms with E-state index in [1.807, 2.05) is 59.5 Å². The van der Waals surface area contributed by atoms with Crippen LogP contribution in [-0.2, 0) is 6.61 Å². The van der Waals surface area contributed by atoms with E-state index < -0.39 is 0 Å². The molecule has 1 saturated heterocycles. The molecule has 3 aromatic carbocycles.